The van der Waals surface area contributed by atoms with Gasteiger partial charge in [-0.25, -0.2) is 0 Å². The van der Waals surface area contributed by atoms with Crippen molar-refractivity contribution in [2.75, 3.05) is 0 Å². The first kappa shape index (κ1) is 33.8. The third kappa shape index (κ3) is 6.40. The maximum absolute atomic E-state index is 6.47. The molecule has 2 N–H and O–H groups in total. The molecule has 0 unspecified atom stereocenters. The number of allylic oxidation sites excluding steroid dienone is 7. The molecule has 0 aliphatic carbocycles. The van der Waals surface area contributed by atoms with E-state index < -0.39 is 0 Å². The minimum absolute atomic E-state index is 0.122. The summed E-state index contributed by atoms with van der Waals surface area (Å²) < 4.78 is 4.74. The summed E-state index contributed by atoms with van der Waals surface area (Å²) in [7, 11) is 0. The topological polar surface area (TPSA) is 35.9 Å². The maximum Gasteiger partial charge on any atom is 0.0541 e. The first-order valence-electron chi connectivity index (χ1n) is 18.5. The molecule has 0 amide bonds. The van der Waals surface area contributed by atoms with Crippen LogP contribution in [-0.2, 0) is 5.41 Å². The predicted molar refractivity (Wildman–Crippen MR) is 229 cm³/mol. The van der Waals surface area contributed by atoms with Gasteiger partial charge in [0.25, 0.3) is 0 Å². The van der Waals surface area contributed by atoms with Gasteiger partial charge in [-0.3, -0.25) is 0 Å². The highest BCUT2D eigenvalue weighted by atomic mass is 15.0. The number of aromatic nitrogens is 2. The number of fused-ring (bicyclic) bond motifs is 6. The molecule has 0 atom stereocenters. The van der Waals surface area contributed by atoms with Crippen LogP contribution in [0.2, 0.25) is 0 Å². The second-order valence-corrected chi connectivity index (χ2v) is 14.7. The van der Waals surface area contributed by atoms with E-state index in [-0.39, 0.29) is 5.41 Å². The zero-order chi connectivity index (χ0) is 36.5. The lowest BCUT2D eigenvalue weighted by molar-refractivity contribution is 0.590. The molecule has 0 bridgehead atoms. The Labute approximate surface area is 312 Å². The Hall–Kier alpha value is -6.32. The Morgan fingerprint density at radius 1 is 0.623 bits per heavy atom. The molecule has 2 heterocycles. The second-order valence-electron chi connectivity index (χ2n) is 14.7. The van der Waals surface area contributed by atoms with Crippen molar-refractivity contribution in [1.82, 2.24) is 9.13 Å². The Balaban J connectivity index is 1.14. The molecule has 0 saturated heterocycles. The van der Waals surface area contributed by atoms with Crippen molar-refractivity contribution < 1.29 is 0 Å². The lowest BCUT2D eigenvalue weighted by atomic mass is 9.86. The summed E-state index contributed by atoms with van der Waals surface area (Å²) in [6.07, 6.45) is 13.6. The largest absolute Gasteiger partial charge is 0.398 e. The van der Waals surface area contributed by atoms with Crippen LogP contribution in [0.1, 0.15) is 45.2 Å². The van der Waals surface area contributed by atoms with Crippen LogP contribution in [0.3, 0.4) is 0 Å². The van der Waals surface area contributed by atoms with E-state index >= 15 is 0 Å². The molecular formula is C50H45N3. The van der Waals surface area contributed by atoms with E-state index in [2.05, 4.69) is 213 Å². The van der Waals surface area contributed by atoms with Crippen LogP contribution in [-0.4, -0.2) is 9.13 Å². The minimum Gasteiger partial charge on any atom is -0.398 e. The van der Waals surface area contributed by atoms with E-state index in [1.165, 1.54) is 66.0 Å². The van der Waals surface area contributed by atoms with Crippen LogP contribution in [0.4, 0.5) is 0 Å². The lowest BCUT2D eigenvalue weighted by Crippen LogP contribution is -2.10. The third-order valence-electron chi connectivity index (χ3n) is 10.2. The highest BCUT2D eigenvalue weighted by Crippen LogP contribution is 2.38. The summed E-state index contributed by atoms with van der Waals surface area (Å²) in [4.78, 5) is 0. The monoisotopic (exact) mass is 687 g/mol. The standard InChI is InChI=1S/C50H45N3/c1-5-16-39(17-10-7-11-22-45(51)35-25-29-38(30-26-35)50(2,3)4)52-46-23-14-12-20-41(46)43-33-36(27-31-48(43)52)37-28-32-49-44(34-37)42-21-13-15-24-47(42)53(49)40-18-8-6-9-19-40/h5-10,12-34H,11,51H2,1-4H3/b10-7+,16-5-,39-17+,45-22-. The van der Waals surface area contributed by atoms with Crippen molar-refractivity contribution >= 4 is 55.0 Å². The lowest BCUT2D eigenvalue weighted by Gasteiger charge is -2.19. The predicted octanol–water partition coefficient (Wildman–Crippen LogP) is 13.2. The van der Waals surface area contributed by atoms with Gasteiger partial charge in [0, 0.05) is 38.6 Å². The summed E-state index contributed by atoms with van der Waals surface area (Å²) in [5.41, 5.74) is 19.2. The molecule has 6 aromatic carbocycles. The van der Waals surface area contributed by atoms with Crippen molar-refractivity contribution in [3.8, 4) is 16.8 Å². The molecular weight excluding hydrogens is 643 g/mol. The summed E-state index contributed by atoms with van der Waals surface area (Å²) in [6, 6.07) is 50.4. The average molecular weight is 688 g/mol. The number of nitrogens with zero attached hydrogens (tertiary/aromatic N) is 2. The fourth-order valence-corrected chi connectivity index (χ4v) is 7.53. The first-order valence-corrected chi connectivity index (χ1v) is 18.5. The van der Waals surface area contributed by atoms with Crippen LogP contribution < -0.4 is 5.73 Å². The second kappa shape index (κ2) is 14.0. The van der Waals surface area contributed by atoms with Crippen LogP contribution in [0, 0.1) is 0 Å². The highest BCUT2D eigenvalue weighted by Gasteiger charge is 2.16. The Kier molecular flexibility index (Phi) is 8.94. The Morgan fingerprint density at radius 2 is 1.19 bits per heavy atom. The zero-order valence-corrected chi connectivity index (χ0v) is 30.9. The van der Waals surface area contributed by atoms with Crippen molar-refractivity contribution in [3.63, 3.8) is 0 Å². The number of benzene rings is 6. The smallest absolute Gasteiger partial charge is 0.0541 e. The Morgan fingerprint density at radius 3 is 1.87 bits per heavy atom. The molecule has 3 nitrogen and oxygen atoms in total. The fourth-order valence-electron chi connectivity index (χ4n) is 7.53. The molecule has 2 aromatic heterocycles. The molecule has 0 radical (unpaired) electrons. The van der Waals surface area contributed by atoms with Crippen LogP contribution in [0.5, 0.6) is 0 Å². The molecule has 8 aromatic rings. The van der Waals surface area contributed by atoms with Gasteiger partial charge in [-0.15, -0.1) is 0 Å². The van der Waals surface area contributed by atoms with Crippen LogP contribution >= 0.6 is 0 Å². The SMILES string of the molecule is C\C=C/C(=C\C=C\C/C=C(\N)c1ccc(C(C)(C)C)cc1)n1c2ccccc2c2cc(-c3ccc4c(c3)c3ccccc3n4-c3ccccc3)ccc21. The molecule has 53 heavy (non-hydrogen) atoms. The van der Waals surface area contributed by atoms with Gasteiger partial charge in [-0.1, -0.05) is 136 Å². The normalized spacial score (nSPS) is 13.1. The van der Waals surface area contributed by atoms with Gasteiger partial charge in [0.1, 0.15) is 0 Å². The average Bonchev–Trinajstić information content (AvgIpc) is 3.69. The fraction of sp³-hybridized carbons (Fsp3) is 0.120. The van der Waals surface area contributed by atoms with Crippen molar-refractivity contribution in [3.05, 3.63) is 187 Å². The molecule has 0 spiro atoms. The number of nitrogens with two attached hydrogens (primary N) is 1. The third-order valence-corrected chi connectivity index (χ3v) is 10.2. The summed E-state index contributed by atoms with van der Waals surface area (Å²) >= 11 is 0. The van der Waals surface area contributed by atoms with Gasteiger partial charge in [0.2, 0.25) is 0 Å². The molecule has 8 rings (SSSR count). The van der Waals surface area contributed by atoms with E-state index in [1.807, 2.05) is 0 Å². The highest BCUT2D eigenvalue weighted by molar-refractivity contribution is 6.13. The van der Waals surface area contributed by atoms with Crippen molar-refractivity contribution in [1.29, 1.82) is 0 Å². The van der Waals surface area contributed by atoms with Gasteiger partial charge in [0.15, 0.2) is 0 Å². The van der Waals surface area contributed by atoms with E-state index in [9.17, 15) is 0 Å². The van der Waals surface area contributed by atoms with Gasteiger partial charge < -0.3 is 14.9 Å². The van der Waals surface area contributed by atoms with Gasteiger partial charge in [-0.2, -0.15) is 0 Å². The molecule has 0 saturated carbocycles. The van der Waals surface area contributed by atoms with Gasteiger partial charge >= 0.3 is 0 Å². The molecule has 260 valence electrons. The first-order chi connectivity index (χ1) is 25.8. The summed E-state index contributed by atoms with van der Waals surface area (Å²) in [6.45, 7) is 8.76. The molecule has 3 heteroatoms. The molecule has 0 aliphatic heterocycles. The number of hydrogen-bond acceptors (Lipinski definition) is 1. The zero-order valence-electron chi connectivity index (χ0n) is 30.9. The minimum atomic E-state index is 0.122. The molecule has 0 aliphatic rings. The van der Waals surface area contributed by atoms with Gasteiger partial charge in [-0.05, 0) is 102 Å². The van der Waals surface area contributed by atoms with Crippen molar-refractivity contribution in [2.45, 2.75) is 39.5 Å². The molecule has 0 fully saturated rings. The number of para-hydroxylation sites is 3. The van der Waals surface area contributed by atoms with Crippen LogP contribution in [0.25, 0.3) is 71.8 Å². The van der Waals surface area contributed by atoms with E-state index in [0.29, 0.717) is 0 Å². The quantitative estimate of drug-likeness (QED) is 0.159. The Bertz CT molecular complexity index is 2720. The van der Waals surface area contributed by atoms with Crippen molar-refractivity contribution in [2.24, 2.45) is 5.73 Å². The van der Waals surface area contributed by atoms with Crippen LogP contribution in [0.15, 0.2) is 176 Å². The maximum atomic E-state index is 6.47. The summed E-state index contributed by atoms with van der Waals surface area (Å²) in [5.74, 6) is 0. The number of rotatable bonds is 8. The van der Waals surface area contributed by atoms with E-state index in [0.717, 1.165) is 23.4 Å². The van der Waals surface area contributed by atoms with E-state index in [1.54, 1.807) is 0 Å². The van der Waals surface area contributed by atoms with Gasteiger partial charge in [0.05, 0.1) is 22.1 Å². The summed E-state index contributed by atoms with van der Waals surface area (Å²) in [5, 5.41) is 4.98. The number of hydrogen-bond donors (Lipinski definition) is 1. The van der Waals surface area contributed by atoms with E-state index in [4.69, 9.17) is 5.73 Å².